The fourth-order valence-corrected chi connectivity index (χ4v) is 2.71. The zero-order chi connectivity index (χ0) is 12.1. The first-order valence-corrected chi connectivity index (χ1v) is 6.22. The van der Waals surface area contributed by atoms with E-state index in [0.717, 1.165) is 30.7 Å². The van der Waals surface area contributed by atoms with Crippen LogP contribution in [-0.4, -0.2) is 37.3 Å². The van der Waals surface area contributed by atoms with Gasteiger partial charge in [-0.3, -0.25) is 0 Å². The Labute approximate surface area is 138 Å². The largest absolute Gasteiger partial charge is 2.00 e. The molecule has 0 amide bonds. The van der Waals surface area contributed by atoms with E-state index >= 15 is 0 Å². The maximum atomic E-state index is 5.34. The van der Waals surface area contributed by atoms with Crippen LogP contribution in [0.3, 0.4) is 0 Å². The van der Waals surface area contributed by atoms with Gasteiger partial charge in [-0.05, 0) is 12.1 Å². The van der Waals surface area contributed by atoms with E-state index < -0.39 is 0 Å². The van der Waals surface area contributed by atoms with Crippen molar-refractivity contribution in [2.75, 3.05) is 14.2 Å². The number of halogens is 1. The van der Waals surface area contributed by atoms with Crippen LogP contribution in [0, 0.1) is 0 Å². The predicted octanol–water partition coefficient (Wildman–Crippen LogP) is -0.776. The molecule has 0 aliphatic rings. The minimum atomic E-state index is 0. The normalized spacial score (nSPS) is 8.95. The summed E-state index contributed by atoms with van der Waals surface area (Å²) >= 11 is 0. The second-order valence-corrected chi connectivity index (χ2v) is 4.64. The SMILES string of the molecule is COc1ccccc1[P-]c1ccccc1OC.[Cl-].[Mg+2]. The van der Waals surface area contributed by atoms with E-state index in [2.05, 4.69) is 12.1 Å². The second-order valence-electron chi connectivity index (χ2n) is 3.46. The summed E-state index contributed by atoms with van der Waals surface area (Å²) in [5, 5.41) is 2.28. The van der Waals surface area contributed by atoms with Crippen LogP contribution >= 0.6 is 8.58 Å². The monoisotopic (exact) mass is 304 g/mol. The topological polar surface area (TPSA) is 18.5 Å². The van der Waals surface area contributed by atoms with E-state index in [9.17, 15) is 0 Å². The number of ether oxygens (including phenoxy) is 2. The molecule has 2 aromatic rings. The molecule has 0 unspecified atom stereocenters. The molecule has 0 aliphatic heterocycles. The number of hydrogen-bond acceptors (Lipinski definition) is 2. The number of para-hydroxylation sites is 2. The Morgan fingerprint density at radius 2 is 1.11 bits per heavy atom. The maximum absolute atomic E-state index is 5.34. The van der Waals surface area contributed by atoms with Crippen LogP contribution in [0.25, 0.3) is 0 Å². The molecule has 96 valence electrons. The summed E-state index contributed by atoms with van der Waals surface area (Å²) in [5.41, 5.74) is 0. The summed E-state index contributed by atoms with van der Waals surface area (Å²) < 4.78 is 10.7. The summed E-state index contributed by atoms with van der Waals surface area (Å²) in [7, 11) is 4.47. The number of rotatable bonds is 4. The van der Waals surface area contributed by atoms with Crippen molar-refractivity contribution in [3.63, 3.8) is 0 Å². The third-order valence-electron chi connectivity index (χ3n) is 2.41. The Kier molecular flexibility index (Phi) is 9.20. The molecule has 0 saturated carbocycles. The van der Waals surface area contributed by atoms with Gasteiger partial charge in [0.05, 0.1) is 25.7 Å². The van der Waals surface area contributed by atoms with Crippen molar-refractivity contribution >= 4 is 42.2 Å². The third kappa shape index (κ3) is 4.85. The van der Waals surface area contributed by atoms with Crippen molar-refractivity contribution in [1.82, 2.24) is 0 Å². The van der Waals surface area contributed by atoms with Gasteiger partial charge in [0.25, 0.3) is 0 Å². The zero-order valence-electron chi connectivity index (χ0n) is 11.0. The molecule has 0 fully saturated rings. The zero-order valence-corrected chi connectivity index (χ0v) is 14.0. The van der Waals surface area contributed by atoms with Crippen molar-refractivity contribution in [3.8, 4) is 11.5 Å². The quantitative estimate of drug-likeness (QED) is 0.545. The Balaban J connectivity index is 0.00000162. The van der Waals surface area contributed by atoms with Gasteiger partial charge < -0.3 is 30.5 Å². The first kappa shape index (κ1) is 18.5. The molecule has 0 atom stereocenters. The molecule has 0 saturated heterocycles. The van der Waals surface area contributed by atoms with Crippen LogP contribution in [0.15, 0.2) is 48.5 Å². The van der Waals surface area contributed by atoms with Gasteiger partial charge in [0.15, 0.2) is 0 Å². The summed E-state index contributed by atoms with van der Waals surface area (Å²) in [5.74, 6) is 1.81. The fraction of sp³-hybridized carbons (Fsp3) is 0.143. The van der Waals surface area contributed by atoms with Crippen LogP contribution in [0.2, 0.25) is 0 Å². The molecular weight excluding hydrogens is 291 g/mol. The Morgan fingerprint density at radius 1 is 0.737 bits per heavy atom. The molecule has 2 aromatic carbocycles. The van der Waals surface area contributed by atoms with Gasteiger partial charge in [0, 0.05) is 0 Å². The summed E-state index contributed by atoms with van der Waals surface area (Å²) in [4.78, 5) is 0. The molecule has 0 spiro atoms. The Hall–Kier alpha value is -0.474. The van der Waals surface area contributed by atoms with E-state index in [1.807, 2.05) is 36.4 Å². The van der Waals surface area contributed by atoms with Gasteiger partial charge in [-0.25, -0.2) is 0 Å². The molecule has 0 radical (unpaired) electrons. The van der Waals surface area contributed by atoms with Crippen LogP contribution in [-0.2, 0) is 0 Å². The molecule has 0 heterocycles. The van der Waals surface area contributed by atoms with Crippen molar-refractivity contribution < 1.29 is 21.9 Å². The minimum Gasteiger partial charge on any atom is -1.00 e. The van der Waals surface area contributed by atoms with Gasteiger partial charge in [0.1, 0.15) is 0 Å². The summed E-state index contributed by atoms with van der Waals surface area (Å²) in [6.07, 6.45) is 0. The average Bonchev–Trinajstić information content (AvgIpc) is 2.40. The molecule has 0 aliphatic carbocycles. The summed E-state index contributed by atoms with van der Waals surface area (Å²) in [6, 6.07) is 16.0. The van der Waals surface area contributed by atoms with Crippen LogP contribution < -0.4 is 32.5 Å². The molecule has 5 heteroatoms. The summed E-state index contributed by atoms with van der Waals surface area (Å²) in [6.45, 7) is 0. The van der Waals surface area contributed by atoms with E-state index in [1.54, 1.807) is 14.2 Å². The molecule has 0 bridgehead atoms. The molecule has 2 rings (SSSR count). The minimum absolute atomic E-state index is 0. The molecule has 2 nitrogen and oxygen atoms in total. The van der Waals surface area contributed by atoms with E-state index in [-0.39, 0.29) is 35.5 Å². The van der Waals surface area contributed by atoms with E-state index in [4.69, 9.17) is 9.47 Å². The maximum Gasteiger partial charge on any atom is 2.00 e. The third-order valence-corrected chi connectivity index (χ3v) is 3.63. The molecule has 0 N–H and O–H groups in total. The van der Waals surface area contributed by atoms with Crippen molar-refractivity contribution in [3.05, 3.63) is 48.5 Å². The fourth-order valence-electron chi connectivity index (χ4n) is 1.57. The number of benzene rings is 2. The standard InChI is InChI=1S/C14H14O2P.ClH.Mg/c1-15-11-7-3-5-9-13(11)17-14-10-6-4-8-12(14)16-2;;/h3-10H,1-2H3;1H;/q-1;;+2/p-1. The Bertz CT molecular complexity index is 463. The number of hydrogen-bond donors (Lipinski definition) is 0. The van der Waals surface area contributed by atoms with Crippen LogP contribution in [0.1, 0.15) is 0 Å². The van der Waals surface area contributed by atoms with Crippen LogP contribution in [0.4, 0.5) is 0 Å². The smallest absolute Gasteiger partial charge is 1.00 e. The van der Waals surface area contributed by atoms with Gasteiger partial charge in [-0.15, -0.1) is 0 Å². The Morgan fingerprint density at radius 3 is 1.47 bits per heavy atom. The van der Waals surface area contributed by atoms with Gasteiger partial charge in [-0.2, -0.15) is 10.6 Å². The molecule has 19 heavy (non-hydrogen) atoms. The van der Waals surface area contributed by atoms with Gasteiger partial charge in [-0.1, -0.05) is 36.4 Å². The van der Waals surface area contributed by atoms with E-state index in [0.29, 0.717) is 0 Å². The van der Waals surface area contributed by atoms with Crippen molar-refractivity contribution in [2.24, 2.45) is 0 Å². The molecule has 0 aromatic heterocycles. The van der Waals surface area contributed by atoms with Gasteiger partial charge in [0.2, 0.25) is 0 Å². The molecular formula is C14H14ClMgO2P. The predicted molar refractivity (Wildman–Crippen MR) is 77.9 cm³/mol. The first-order chi connectivity index (χ1) is 8.35. The van der Waals surface area contributed by atoms with E-state index in [1.165, 1.54) is 0 Å². The second kappa shape index (κ2) is 9.43. The van der Waals surface area contributed by atoms with Crippen molar-refractivity contribution in [1.29, 1.82) is 0 Å². The first-order valence-electron chi connectivity index (χ1n) is 5.33. The van der Waals surface area contributed by atoms with Crippen molar-refractivity contribution in [2.45, 2.75) is 0 Å². The number of methoxy groups -OCH3 is 2. The van der Waals surface area contributed by atoms with Crippen LogP contribution in [0.5, 0.6) is 11.5 Å². The van der Waals surface area contributed by atoms with Gasteiger partial charge >= 0.3 is 23.1 Å². The average molecular weight is 305 g/mol.